The van der Waals surface area contributed by atoms with Crippen LogP contribution in [0.3, 0.4) is 0 Å². The van der Waals surface area contributed by atoms with E-state index in [2.05, 4.69) is 62.5 Å². The Morgan fingerprint density at radius 1 is 0.564 bits per heavy atom. The number of hydrogen-bond acceptors (Lipinski definition) is 3. The van der Waals surface area contributed by atoms with Crippen molar-refractivity contribution in [3.8, 4) is 0 Å². The fraction of sp³-hybridized carbons (Fsp3) is 0.714. The van der Waals surface area contributed by atoms with Gasteiger partial charge in [-0.1, -0.05) is 140 Å². The van der Waals surface area contributed by atoms with Crippen molar-refractivity contribution in [1.82, 2.24) is 0 Å². The predicted molar refractivity (Wildman–Crippen MR) is 167 cm³/mol. The van der Waals surface area contributed by atoms with Gasteiger partial charge in [0, 0.05) is 6.42 Å². The Labute approximate surface area is 241 Å². The highest BCUT2D eigenvalue weighted by Crippen LogP contribution is 2.14. The molecule has 0 aromatic heterocycles. The third-order valence-corrected chi connectivity index (χ3v) is 6.83. The summed E-state index contributed by atoms with van der Waals surface area (Å²) in [6.45, 7) is 4.47. The van der Waals surface area contributed by atoms with Crippen LogP contribution < -0.4 is 0 Å². The summed E-state index contributed by atoms with van der Waals surface area (Å²) in [6.07, 6.45) is 39.9. The highest BCUT2D eigenvalue weighted by molar-refractivity contribution is 5.77. The number of carbonyl (C=O) groups is 2. The van der Waals surface area contributed by atoms with E-state index in [4.69, 9.17) is 4.74 Å². The number of carboxylic acids is 1. The summed E-state index contributed by atoms with van der Waals surface area (Å²) in [7, 11) is 0. The third kappa shape index (κ3) is 28.7. The molecule has 224 valence electrons. The van der Waals surface area contributed by atoms with Gasteiger partial charge >= 0.3 is 11.9 Å². The average Bonchev–Trinajstić information content (AvgIpc) is 2.92. The van der Waals surface area contributed by atoms with Crippen molar-refractivity contribution in [3.63, 3.8) is 0 Å². The Bertz CT molecular complexity index is 674. The maximum absolute atomic E-state index is 12.1. The van der Waals surface area contributed by atoms with Crippen LogP contribution in [0.5, 0.6) is 0 Å². The van der Waals surface area contributed by atoms with Gasteiger partial charge in [-0.3, -0.25) is 4.79 Å². The molecule has 0 saturated heterocycles. The Hall–Kier alpha value is -2.10. The number of esters is 1. The molecule has 0 saturated carbocycles. The molecule has 0 fully saturated rings. The van der Waals surface area contributed by atoms with E-state index < -0.39 is 18.0 Å². The van der Waals surface area contributed by atoms with Crippen molar-refractivity contribution < 1.29 is 19.4 Å². The van der Waals surface area contributed by atoms with Gasteiger partial charge in [-0.25, -0.2) is 4.79 Å². The highest BCUT2D eigenvalue weighted by atomic mass is 16.6. The molecule has 0 radical (unpaired) electrons. The first-order valence-electron chi connectivity index (χ1n) is 16.1. The summed E-state index contributed by atoms with van der Waals surface area (Å²) >= 11 is 0. The van der Waals surface area contributed by atoms with Crippen LogP contribution in [0.15, 0.2) is 48.6 Å². The van der Waals surface area contributed by atoms with Gasteiger partial charge in [0.15, 0.2) is 6.10 Å². The summed E-state index contributed by atoms with van der Waals surface area (Å²) in [4.78, 5) is 23.6. The highest BCUT2D eigenvalue weighted by Gasteiger charge is 2.21. The molecule has 0 spiro atoms. The molecule has 0 amide bonds. The van der Waals surface area contributed by atoms with Gasteiger partial charge in [-0.15, -0.1) is 0 Å². The first kappa shape index (κ1) is 36.9. The molecule has 0 aromatic rings. The molecular formula is C35H60O4. The standard InChI is InChI=1S/C35H60O4/c1-3-5-7-9-11-13-15-16-17-18-19-20-22-24-26-28-30-32-34(36)39-33(35(37)38)31-29-27-25-23-21-14-12-10-8-6-4-2/h11,13,16-17,19-20,24,26,33H,3-10,12,14-15,18,21-23,25,27-32H2,1-2H3,(H,37,38)/b13-11-,17-16-,20-19-,26-24-. The zero-order chi connectivity index (χ0) is 28.7. The van der Waals surface area contributed by atoms with E-state index in [0.717, 1.165) is 44.9 Å². The maximum atomic E-state index is 12.1. The molecule has 1 atom stereocenters. The largest absolute Gasteiger partial charge is 0.479 e. The van der Waals surface area contributed by atoms with E-state index >= 15 is 0 Å². The monoisotopic (exact) mass is 544 g/mol. The molecule has 0 aliphatic heterocycles. The van der Waals surface area contributed by atoms with Crippen LogP contribution in [0, 0.1) is 0 Å². The fourth-order valence-corrected chi connectivity index (χ4v) is 4.37. The van der Waals surface area contributed by atoms with Crippen molar-refractivity contribution in [2.75, 3.05) is 0 Å². The number of unbranched alkanes of at least 4 members (excludes halogenated alkanes) is 14. The van der Waals surface area contributed by atoms with Gasteiger partial charge < -0.3 is 9.84 Å². The zero-order valence-electron chi connectivity index (χ0n) is 25.4. The van der Waals surface area contributed by atoms with Crippen LogP contribution in [0.4, 0.5) is 0 Å². The fourth-order valence-electron chi connectivity index (χ4n) is 4.37. The summed E-state index contributed by atoms with van der Waals surface area (Å²) in [5, 5.41) is 9.40. The van der Waals surface area contributed by atoms with Gasteiger partial charge in [0.2, 0.25) is 0 Å². The number of ether oxygens (including phenoxy) is 1. The van der Waals surface area contributed by atoms with Crippen LogP contribution in [0.2, 0.25) is 0 Å². The molecular weight excluding hydrogens is 484 g/mol. The molecule has 0 aliphatic carbocycles. The summed E-state index contributed by atoms with van der Waals surface area (Å²) in [5.41, 5.74) is 0. The summed E-state index contributed by atoms with van der Waals surface area (Å²) in [5.74, 6) is -1.43. The van der Waals surface area contributed by atoms with Crippen molar-refractivity contribution in [3.05, 3.63) is 48.6 Å². The zero-order valence-corrected chi connectivity index (χ0v) is 25.4. The number of allylic oxidation sites excluding steroid dienone is 8. The average molecular weight is 545 g/mol. The van der Waals surface area contributed by atoms with E-state index in [1.165, 1.54) is 77.0 Å². The van der Waals surface area contributed by atoms with Crippen LogP contribution in [0.1, 0.15) is 155 Å². The lowest BCUT2D eigenvalue weighted by Gasteiger charge is -2.13. The molecule has 1 unspecified atom stereocenters. The van der Waals surface area contributed by atoms with Crippen LogP contribution in [-0.2, 0) is 14.3 Å². The molecule has 0 aliphatic rings. The van der Waals surface area contributed by atoms with Gasteiger partial charge in [0.05, 0.1) is 0 Å². The molecule has 0 aromatic carbocycles. The smallest absolute Gasteiger partial charge is 0.345 e. The normalized spacial score (nSPS) is 12.9. The van der Waals surface area contributed by atoms with Crippen molar-refractivity contribution in [1.29, 1.82) is 0 Å². The van der Waals surface area contributed by atoms with E-state index in [1.54, 1.807) is 0 Å². The molecule has 1 N–H and O–H groups in total. The Morgan fingerprint density at radius 3 is 1.46 bits per heavy atom. The van der Waals surface area contributed by atoms with Crippen molar-refractivity contribution >= 4 is 11.9 Å². The van der Waals surface area contributed by atoms with Crippen LogP contribution >= 0.6 is 0 Å². The Balaban J connectivity index is 3.75. The minimum Gasteiger partial charge on any atom is -0.479 e. The molecule has 0 rings (SSSR count). The number of carboxylic acid groups (broad SMARTS) is 1. The second kappa shape index (κ2) is 30.4. The van der Waals surface area contributed by atoms with Crippen LogP contribution in [0.25, 0.3) is 0 Å². The molecule has 0 heterocycles. The molecule has 39 heavy (non-hydrogen) atoms. The minimum absolute atomic E-state index is 0.264. The first-order valence-corrected chi connectivity index (χ1v) is 16.1. The Morgan fingerprint density at radius 2 is 0.974 bits per heavy atom. The second-order valence-corrected chi connectivity index (χ2v) is 10.6. The van der Waals surface area contributed by atoms with Crippen molar-refractivity contribution in [2.24, 2.45) is 0 Å². The maximum Gasteiger partial charge on any atom is 0.345 e. The molecule has 4 nitrogen and oxygen atoms in total. The number of carbonyl (C=O) groups excluding carboxylic acids is 1. The number of aliphatic carboxylic acids is 1. The van der Waals surface area contributed by atoms with Crippen molar-refractivity contribution in [2.45, 2.75) is 161 Å². The number of rotatable bonds is 28. The third-order valence-electron chi connectivity index (χ3n) is 6.83. The Kier molecular flexibility index (Phi) is 28.8. The van der Waals surface area contributed by atoms with Gasteiger partial charge in [0.25, 0.3) is 0 Å². The van der Waals surface area contributed by atoms with Gasteiger partial charge in [0.1, 0.15) is 0 Å². The minimum atomic E-state index is -1.03. The lowest BCUT2D eigenvalue weighted by molar-refractivity contribution is -0.164. The van der Waals surface area contributed by atoms with Gasteiger partial charge in [-0.2, -0.15) is 0 Å². The van der Waals surface area contributed by atoms with E-state index in [0.29, 0.717) is 12.8 Å². The van der Waals surface area contributed by atoms with Gasteiger partial charge in [-0.05, 0) is 57.8 Å². The predicted octanol–water partition coefficient (Wildman–Crippen LogP) is 10.8. The molecule has 0 bridgehead atoms. The quantitative estimate of drug-likeness (QED) is 0.0604. The van der Waals surface area contributed by atoms with Crippen LogP contribution in [-0.4, -0.2) is 23.1 Å². The first-order chi connectivity index (χ1) is 19.1. The molecule has 4 heteroatoms. The lowest BCUT2D eigenvalue weighted by Crippen LogP contribution is -2.26. The summed E-state index contributed by atoms with van der Waals surface area (Å²) in [6, 6.07) is 0. The van der Waals surface area contributed by atoms with E-state index in [1.807, 2.05) is 0 Å². The SMILES string of the molecule is CCCCC/C=C\C/C=C\C/C=C\C/C=C\CCCC(=O)OC(CCCCCCCCCCCCC)C(=O)O. The van der Waals surface area contributed by atoms with E-state index in [9.17, 15) is 14.7 Å². The number of hydrogen-bond donors (Lipinski definition) is 1. The second-order valence-electron chi connectivity index (χ2n) is 10.6. The van der Waals surface area contributed by atoms with E-state index in [-0.39, 0.29) is 6.42 Å². The topological polar surface area (TPSA) is 63.6 Å². The summed E-state index contributed by atoms with van der Waals surface area (Å²) < 4.78 is 5.25. The lowest BCUT2D eigenvalue weighted by atomic mass is 10.0.